The zero-order chi connectivity index (χ0) is 11.3. The Kier molecular flexibility index (Phi) is 3.43. The monoisotopic (exact) mass is 218 g/mol. The molecule has 0 N–H and O–H groups in total. The van der Waals surface area contributed by atoms with Gasteiger partial charge in [0.05, 0.1) is 5.69 Å². The van der Waals surface area contributed by atoms with Crippen LogP contribution in [0.5, 0.6) is 0 Å². The molecule has 0 atom stereocenters. The van der Waals surface area contributed by atoms with E-state index in [1.165, 1.54) is 24.3 Å². The van der Waals surface area contributed by atoms with Crippen LogP contribution in [0.4, 0.5) is 18.9 Å². The zero-order valence-corrected chi connectivity index (χ0v) is 7.23. The van der Waals surface area contributed by atoms with Gasteiger partial charge in [-0.15, -0.1) is 23.2 Å². The van der Waals surface area contributed by atoms with Gasteiger partial charge in [-0.25, -0.2) is 4.79 Å². The number of hydrazone groups is 1. The third-order valence-electron chi connectivity index (χ3n) is 1.30. The fourth-order valence-corrected chi connectivity index (χ4v) is 0.821. The minimum Gasteiger partial charge on any atom is -0.209 e. The Morgan fingerprint density at radius 3 is 2.33 bits per heavy atom. The third kappa shape index (κ3) is 3.80. The van der Waals surface area contributed by atoms with E-state index in [1.54, 1.807) is 6.07 Å². The van der Waals surface area contributed by atoms with Gasteiger partial charge in [0.2, 0.25) is 0 Å². The molecule has 0 saturated heterocycles. The fourth-order valence-electron chi connectivity index (χ4n) is 0.821. The number of nitrogens with zero attached hydrogens (tertiary/aromatic N) is 2. The van der Waals surface area contributed by atoms with Crippen molar-refractivity contribution in [3.63, 3.8) is 0 Å². The molecule has 7 heteroatoms. The summed E-state index contributed by atoms with van der Waals surface area (Å²) in [5.41, 5.74) is -0.0295. The van der Waals surface area contributed by atoms with Crippen LogP contribution in [0.1, 0.15) is 0 Å². The zero-order valence-electron chi connectivity index (χ0n) is 7.23. The Morgan fingerprint density at radius 1 is 1.27 bits per heavy atom. The van der Waals surface area contributed by atoms with E-state index in [2.05, 4.69) is 9.94 Å². The minimum absolute atomic E-state index is 0.0295. The van der Waals surface area contributed by atoms with Crippen LogP contribution < -0.4 is 5.17 Å². The molecule has 0 aliphatic rings. The van der Waals surface area contributed by atoms with Crippen LogP contribution in [0, 0.1) is 0 Å². The van der Waals surface area contributed by atoms with E-state index in [9.17, 15) is 18.0 Å². The van der Waals surface area contributed by atoms with Gasteiger partial charge >= 0.3 is 6.36 Å². The first-order valence-electron chi connectivity index (χ1n) is 3.72. The van der Waals surface area contributed by atoms with Crippen molar-refractivity contribution >= 4 is 11.8 Å². The molecule has 0 amide bonds. The van der Waals surface area contributed by atoms with E-state index in [4.69, 9.17) is 0 Å². The van der Waals surface area contributed by atoms with Crippen molar-refractivity contribution in [1.82, 2.24) is 0 Å². The van der Waals surface area contributed by atoms with Crippen molar-refractivity contribution in [1.29, 1.82) is 0 Å². The average molecular weight is 218 g/mol. The predicted octanol–water partition coefficient (Wildman–Crippen LogP) is 2.20. The molecule has 1 aromatic rings. The second-order valence-corrected chi connectivity index (χ2v) is 2.34. The topological polar surface area (TPSA) is 41.9 Å². The molecule has 15 heavy (non-hydrogen) atoms. The Labute approximate surface area is 82.5 Å². The summed E-state index contributed by atoms with van der Waals surface area (Å²) in [6.07, 6.45) is -3.96. The van der Waals surface area contributed by atoms with E-state index in [0.29, 0.717) is 0 Å². The Morgan fingerprint density at radius 2 is 1.87 bits per heavy atom. The number of para-hydroxylation sites is 1. The molecule has 0 bridgehead atoms. The van der Waals surface area contributed by atoms with Crippen LogP contribution in [0.3, 0.4) is 0 Å². The largest absolute Gasteiger partial charge is 0.545 e. The van der Waals surface area contributed by atoms with Crippen molar-refractivity contribution in [2.75, 3.05) is 5.17 Å². The quantitative estimate of drug-likeness (QED) is 0.443. The highest BCUT2D eigenvalue weighted by atomic mass is 19.4. The van der Waals surface area contributed by atoms with Gasteiger partial charge in [-0.3, -0.25) is 0 Å². The predicted molar refractivity (Wildman–Crippen MR) is 44.2 cm³/mol. The molecule has 0 saturated carbocycles. The number of isocyanates is 1. The molecule has 0 spiro atoms. The summed E-state index contributed by atoms with van der Waals surface area (Å²) in [6.45, 7) is 0. The molecular formula is C8H5F3N2O2. The lowest BCUT2D eigenvalue weighted by Gasteiger charge is -2.16. The van der Waals surface area contributed by atoms with Crippen molar-refractivity contribution in [2.24, 2.45) is 5.10 Å². The molecule has 80 valence electrons. The van der Waals surface area contributed by atoms with Gasteiger partial charge in [-0.2, -0.15) is 0 Å². The Bertz CT molecular complexity index is 360. The molecule has 0 heterocycles. The minimum atomic E-state index is -4.92. The highest BCUT2D eigenvalue weighted by Gasteiger charge is 2.34. The van der Waals surface area contributed by atoms with Crippen LogP contribution in [0.15, 0.2) is 35.4 Å². The summed E-state index contributed by atoms with van der Waals surface area (Å²) < 4.78 is 35.6. The third-order valence-corrected chi connectivity index (χ3v) is 1.30. The molecule has 0 aromatic heterocycles. The van der Waals surface area contributed by atoms with Crippen LogP contribution >= 0.6 is 0 Å². The lowest BCUT2D eigenvalue weighted by atomic mass is 10.3. The smallest absolute Gasteiger partial charge is 0.209 e. The van der Waals surface area contributed by atoms with Crippen LogP contribution in [0.2, 0.25) is 0 Å². The first-order valence-corrected chi connectivity index (χ1v) is 3.72. The van der Waals surface area contributed by atoms with Gasteiger partial charge in [0.1, 0.15) is 0 Å². The molecule has 0 radical (unpaired) electrons. The summed E-state index contributed by atoms with van der Waals surface area (Å²) in [7, 11) is 0. The van der Waals surface area contributed by atoms with Crippen LogP contribution in [0.25, 0.3) is 0 Å². The number of hydrogen-bond acceptors (Lipinski definition) is 4. The molecule has 1 rings (SSSR count). The SMILES string of the molecule is O=C=NN(OC(F)(F)F)c1ccccc1. The Hall–Kier alpha value is -1.85. The molecule has 0 unspecified atom stereocenters. The summed E-state index contributed by atoms with van der Waals surface area (Å²) in [5, 5.41) is 2.81. The van der Waals surface area contributed by atoms with Gasteiger partial charge in [0.15, 0.2) is 0 Å². The molecule has 0 aliphatic heterocycles. The average Bonchev–Trinajstić information content (AvgIpc) is 2.17. The van der Waals surface area contributed by atoms with Crippen LogP contribution in [-0.2, 0) is 9.63 Å². The van der Waals surface area contributed by atoms with Gasteiger partial charge in [-0.1, -0.05) is 23.3 Å². The number of hydrogen-bond donors (Lipinski definition) is 0. The fraction of sp³-hybridized carbons (Fsp3) is 0.125. The molecular weight excluding hydrogens is 213 g/mol. The maximum absolute atomic E-state index is 11.9. The second-order valence-electron chi connectivity index (χ2n) is 2.34. The van der Waals surface area contributed by atoms with Crippen molar-refractivity contribution < 1.29 is 22.8 Å². The number of alkyl halides is 3. The van der Waals surface area contributed by atoms with E-state index in [0.717, 1.165) is 6.08 Å². The maximum Gasteiger partial charge on any atom is 0.545 e. The summed E-state index contributed by atoms with van der Waals surface area (Å²) in [5.74, 6) is 0. The lowest BCUT2D eigenvalue weighted by Crippen LogP contribution is -2.26. The van der Waals surface area contributed by atoms with Gasteiger partial charge < -0.3 is 0 Å². The normalized spacial score (nSPS) is 10.6. The molecule has 1 aromatic carbocycles. The van der Waals surface area contributed by atoms with Crippen molar-refractivity contribution in [3.05, 3.63) is 30.3 Å². The molecule has 0 aliphatic carbocycles. The number of halogens is 3. The van der Waals surface area contributed by atoms with Gasteiger partial charge in [-0.05, 0) is 12.1 Å². The van der Waals surface area contributed by atoms with E-state index < -0.39 is 6.36 Å². The van der Waals surface area contributed by atoms with Crippen molar-refractivity contribution in [3.8, 4) is 0 Å². The lowest BCUT2D eigenvalue weighted by molar-refractivity contribution is -0.330. The first-order chi connectivity index (χ1) is 7.03. The highest BCUT2D eigenvalue weighted by molar-refractivity contribution is 5.46. The number of carbonyl (C=O) groups excluding carboxylic acids is 1. The maximum atomic E-state index is 11.9. The summed E-state index contributed by atoms with van der Waals surface area (Å²) >= 11 is 0. The molecule has 4 nitrogen and oxygen atoms in total. The number of anilines is 1. The first kappa shape index (κ1) is 11.2. The standard InChI is InChI=1S/C8H5F3N2O2/c9-8(10,11)15-13(12-6-14)7-4-2-1-3-5-7/h1-5H. The molecule has 0 fully saturated rings. The van der Waals surface area contributed by atoms with Gasteiger partial charge in [0.25, 0.3) is 6.08 Å². The van der Waals surface area contributed by atoms with Gasteiger partial charge in [0, 0.05) is 0 Å². The number of rotatable bonds is 3. The van der Waals surface area contributed by atoms with E-state index >= 15 is 0 Å². The van der Waals surface area contributed by atoms with Crippen molar-refractivity contribution in [2.45, 2.75) is 6.36 Å². The number of benzene rings is 1. The van der Waals surface area contributed by atoms with E-state index in [-0.39, 0.29) is 10.9 Å². The Balaban J connectivity index is 2.89. The van der Waals surface area contributed by atoms with Crippen LogP contribution in [-0.4, -0.2) is 12.4 Å². The summed E-state index contributed by atoms with van der Waals surface area (Å²) in [4.78, 5) is 13.4. The van der Waals surface area contributed by atoms with E-state index in [1.807, 2.05) is 0 Å². The highest BCUT2D eigenvalue weighted by Crippen LogP contribution is 2.23. The second kappa shape index (κ2) is 4.59. The summed E-state index contributed by atoms with van der Waals surface area (Å²) in [6, 6.07) is 7.14.